The molecule has 0 spiro atoms. The van der Waals surface area contributed by atoms with E-state index in [9.17, 15) is 5.21 Å². The molecule has 3 aromatic rings. The first kappa shape index (κ1) is 14.2. The Labute approximate surface area is 145 Å². The molecule has 0 bridgehead atoms. The summed E-state index contributed by atoms with van der Waals surface area (Å²) in [5.74, 6) is 0.788. The zero-order valence-electron chi connectivity index (χ0n) is 13.7. The third-order valence-corrected chi connectivity index (χ3v) is 4.91. The third-order valence-electron chi connectivity index (χ3n) is 4.91. The van der Waals surface area contributed by atoms with Crippen LogP contribution in [0.25, 0.3) is 10.8 Å². The summed E-state index contributed by atoms with van der Waals surface area (Å²) < 4.78 is 1.05. The van der Waals surface area contributed by atoms with E-state index in [0.29, 0.717) is 11.4 Å². The molecular weight excluding hydrogens is 310 g/mol. The number of rotatable bonds is 1. The predicted octanol–water partition coefficient (Wildman–Crippen LogP) is 4.09. The van der Waals surface area contributed by atoms with Crippen LogP contribution in [-0.2, 0) is 0 Å². The molecule has 0 unspecified atom stereocenters. The molecule has 0 aliphatic carbocycles. The fourth-order valence-electron chi connectivity index (χ4n) is 3.78. The van der Waals surface area contributed by atoms with Gasteiger partial charge in [0.1, 0.15) is 5.69 Å². The van der Waals surface area contributed by atoms with Crippen molar-refractivity contribution in [3.8, 4) is 0 Å². The minimum absolute atomic E-state index is 0.648. The van der Waals surface area contributed by atoms with Crippen molar-refractivity contribution < 1.29 is 4.74 Å². The van der Waals surface area contributed by atoms with Crippen LogP contribution < -0.4 is 4.90 Å². The van der Waals surface area contributed by atoms with E-state index in [0.717, 1.165) is 52.1 Å². The molecule has 0 saturated carbocycles. The van der Waals surface area contributed by atoms with Gasteiger partial charge in [0, 0.05) is 19.2 Å². The second kappa shape index (κ2) is 5.45. The van der Waals surface area contributed by atoms with Crippen molar-refractivity contribution in [1.82, 2.24) is 0 Å². The van der Waals surface area contributed by atoms with Gasteiger partial charge in [-0.05, 0) is 29.3 Å². The van der Waals surface area contributed by atoms with E-state index in [2.05, 4.69) is 23.1 Å². The number of hydrogen-bond donors (Lipinski definition) is 0. The maximum atomic E-state index is 13.3. The number of anilines is 1. The van der Waals surface area contributed by atoms with Crippen LogP contribution in [0.3, 0.4) is 0 Å². The molecule has 2 heterocycles. The number of aliphatic imine (C=N–C) groups is 1. The summed E-state index contributed by atoms with van der Waals surface area (Å²) >= 11 is 0. The summed E-state index contributed by atoms with van der Waals surface area (Å²) in [6.07, 6.45) is 1.000. The molecule has 0 fully saturated rings. The molecule has 0 amide bonds. The Hall–Kier alpha value is -3.14. The van der Waals surface area contributed by atoms with E-state index in [-0.39, 0.29) is 0 Å². The topological polar surface area (TPSA) is 41.7 Å². The highest BCUT2D eigenvalue weighted by Crippen LogP contribution is 2.35. The second-order valence-electron chi connectivity index (χ2n) is 6.37. The van der Waals surface area contributed by atoms with Gasteiger partial charge in [-0.25, -0.2) is 0 Å². The van der Waals surface area contributed by atoms with Crippen LogP contribution in [0.4, 0.5) is 11.4 Å². The van der Waals surface area contributed by atoms with E-state index in [1.165, 1.54) is 0 Å². The largest absolute Gasteiger partial charge is 0.618 e. The predicted molar refractivity (Wildman–Crippen MR) is 102 cm³/mol. The molecule has 25 heavy (non-hydrogen) atoms. The van der Waals surface area contributed by atoms with E-state index < -0.39 is 0 Å². The summed E-state index contributed by atoms with van der Waals surface area (Å²) in [6, 6.07) is 22.1. The Morgan fingerprint density at radius 2 is 1.72 bits per heavy atom. The van der Waals surface area contributed by atoms with Crippen molar-refractivity contribution in [3.05, 3.63) is 77.5 Å². The number of amidine groups is 1. The highest BCUT2D eigenvalue weighted by Gasteiger charge is 2.37. The van der Waals surface area contributed by atoms with Gasteiger partial charge in [0.15, 0.2) is 0 Å². The number of hydrogen-bond acceptors (Lipinski definition) is 3. The molecule has 2 aliphatic heterocycles. The van der Waals surface area contributed by atoms with Gasteiger partial charge in [0.25, 0.3) is 5.71 Å². The Morgan fingerprint density at radius 3 is 2.68 bits per heavy atom. The lowest BCUT2D eigenvalue weighted by molar-refractivity contribution is -0.358. The van der Waals surface area contributed by atoms with Crippen LogP contribution in [0.5, 0.6) is 0 Å². The van der Waals surface area contributed by atoms with Gasteiger partial charge in [-0.15, -0.1) is 0 Å². The quantitative estimate of drug-likeness (QED) is 0.499. The van der Waals surface area contributed by atoms with Crippen LogP contribution >= 0.6 is 0 Å². The van der Waals surface area contributed by atoms with Crippen molar-refractivity contribution in [2.24, 2.45) is 4.99 Å². The summed E-state index contributed by atoms with van der Waals surface area (Å²) in [5, 5.41) is 15.5. The van der Waals surface area contributed by atoms with Gasteiger partial charge in [0.05, 0.1) is 5.56 Å². The summed E-state index contributed by atoms with van der Waals surface area (Å²) in [5.41, 5.74) is 3.22. The Morgan fingerprint density at radius 1 is 0.920 bits per heavy atom. The highest BCUT2D eigenvalue weighted by atomic mass is 16.5. The summed E-state index contributed by atoms with van der Waals surface area (Å²) in [4.78, 5) is 6.91. The Bertz CT molecular complexity index is 1050. The summed E-state index contributed by atoms with van der Waals surface area (Å²) in [7, 11) is 0. The van der Waals surface area contributed by atoms with E-state index in [1.807, 2.05) is 48.5 Å². The average molecular weight is 327 g/mol. The van der Waals surface area contributed by atoms with Crippen molar-refractivity contribution in [2.45, 2.75) is 6.42 Å². The molecule has 5 rings (SSSR count). The molecule has 0 atom stereocenters. The van der Waals surface area contributed by atoms with Gasteiger partial charge in [-0.1, -0.05) is 48.5 Å². The number of benzene rings is 3. The maximum Gasteiger partial charge on any atom is 0.267 e. The fourth-order valence-corrected chi connectivity index (χ4v) is 3.78. The van der Waals surface area contributed by atoms with E-state index >= 15 is 0 Å². The van der Waals surface area contributed by atoms with Crippen LogP contribution in [0.15, 0.2) is 71.7 Å². The van der Waals surface area contributed by atoms with Crippen molar-refractivity contribution in [3.63, 3.8) is 0 Å². The highest BCUT2D eigenvalue weighted by molar-refractivity contribution is 6.52. The van der Waals surface area contributed by atoms with Gasteiger partial charge in [-0.3, -0.25) is 4.99 Å². The molecule has 3 aromatic carbocycles. The van der Waals surface area contributed by atoms with Crippen LogP contribution in [-0.4, -0.2) is 29.4 Å². The molecular formula is C21H17N3O. The van der Waals surface area contributed by atoms with Crippen LogP contribution in [0.1, 0.15) is 12.0 Å². The molecule has 0 saturated heterocycles. The molecule has 122 valence electrons. The monoisotopic (exact) mass is 327 g/mol. The van der Waals surface area contributed by atoms with Gasteiger partial charge in [-0.2, -0.15) is 4.74 Å². The zero-order valence-corrected chi connectivity index (χ0v) is 13.7. The van der Waals surface area contributed by atoms with Gasteiger partial charge in [0.2, 0.25) is 11.5 Å². The maximum absolute atomic E-state index is 13.3. The number of para-hydroxylation sites is 2. The lowest BCUT2D eigenvalue weighted by Crippen LogP contribution is -2.46. The standard InChI is InChI=1S/C21H17N3O/c25-24-19-12-4-3-11-18(19)23-14-6-13-22-21(23)20(24)17-10-5-8-15-7-1-2-9-16(15)17/h1-5,7-12H,6,13-14H2. The third kappa shape index (κ3) is 2.07. The SMILES string of the molecule is [O-][N+]1=C(c2cccc3ccccc23)C2=NCCCN2c2ccccc21. The molecule has 0 N–H and O–H groups in total. The fraction of sp³-hybridized carbons (Fsp3) is 0.143. The normalized spacial score (nSPS) is 16.5. The minimum Gasteiger partial charge on any atom is -0.618 e. The molecule has 4 nitrogen and oxygen atoms in total. The lowest BCUT2D eigenvalue weighted by Gasteiger charge is -2.33. The molecule has 0 aromatic heterocycles. The van der Waals surface area contributed by atoms with Crippen LogP contribution in [0.2, 0.25) is 0 Å². The first-order valence-electron chi connectivity index (χ1n) is 8.58. The lowest BCUT2D eigenvalue weighted by atomic mass is 9.97. The summed E-state index contributed by atoms with van der Waals surface area (Å²) in [6.45, 7) is 1.65. The van der Waals surface area contributed by atoms with Gasteiger partial charge >= 0.3 is 0 Å². The molecule has 0 radical (unpaired) electrons. The average Bonchev–Trinajstić information content (AvgIpc) is 2.68. The Kier molecular flexibility index (Phi) is 3.10. The van der Waals surface area contributed by atoms with Crippen LogP contribution in [0, 0.1) is 5.21 Å². The Balaban J connectivity index is 1.86. The van der Waals surface area contributed by atoms with Crippen molar-refractivity contribution in [2.75, 3.05) is 18.0 Å². The second-order valence-corrected chi connectivity index (χ2v) is 6.37. The smallest absolute Gasteiger partial charge is 0.267 e. The minimum atomic E-state index is 0.648. The first-order chi connectivity index (χ1) is 12.3. The molecule has 4 heteroatoms. The van der Waals surface area contributed by atoms with E-state index in [1.54, 1.807) is 0 Å². The van der Waals surface area contributed by atoms with Crippen molar-refractivity contribution in [1.29, 1.82) is 0 Å². The van der Waals surface area contributed by atoms with Gasteiger partial charge < -0.3 is 10.1 Å². The van der Waals surface area contributed by atoms with Crippen molar-refractivity contribution >= 4 is 33.7 Å². The van der Waals surface area contributed by atoms with E-state index in [4.69, 9.17) is 4.99 Å². The zero-order chi connectivity index (χ0) is 16.8. The molecule has 2 aliphatic rings. The number of nitrogens with zero attached hydrogens (tertiary/aromatic N) is 3. The number of fused-ring (bicyclic) bond motifs is 4. The first-order valence-corrected chi connectivity index (χ1v) is 8.58.